The van der Waals surface area contributed by atoms with Gasteiger partial charge in [-0.3, -0.25) is 18.9 Å². The number of anilines is 1. The fourth-order valence-corrected chi connectivity index (χ4v) is 5.47. The first-order chi connectivity index (χ1) is 14.0. The fraction of sp³-hybridized carbons (Fsp3) is 0.200. The highest BCUT2D eigenvalue weighted by Crippen LogP contribution is 2.56. The van der Waals surface area contributed by atoms with Crippen LogP contribution in [0.1, 0.15) is 18.5 Å². The quantitative estimate of drug-likeness (QED) is 0.545. The highest BCUT2D eigenvalue weighted by Gasteiger charge is 2.58. The van der Waals surface area contributed by atoms with Crippen molar-refractivity contribution in [3.05, 3.63) is 69.2 Å². The van der Waals surface area contributed by atoms with Crippen molar-refractivity contribution in [2.24, 2.45) is 0 Å². The van der Waals surface area contributed by atoms with Crippen LogP contribution in [0.25, 0.3) is 5.65 Å². The lowest BCUT2D eigenvalue weighted by Crippen LogP contribution is -2.47. The maximum Gasteiger partial charge on any atom is 0.343 e. The molecule has 1 saturated heterocycles. The number of hydrogen-bond acceptors (Lipinski definition) is 6. The maximum absolute atomic E-state index is 13.1. The molecule has 0 spiro atoms. The number of amides is 1. The van der Waals surface area contributed by atoms with E-state index in [0.717, 1.165) is 15.1 Å². The molecule has 1 aromatic carbocycles. The van der Waals surface area contributed by atoms with Gasteiger partial charge >= 0.3 is 5.97 Å². The highest BCUT2D eigenvalue weighted by atomic mass is 79.9. The lowest BCUT2D eigenvalue weighted by atomic mass is 10.2. The molecule has 3 aromatic rings. The Morgan fingerprint density at radius 3 is 2.93 bits per heavy atom. The molecule has 0 aliphatic carbocycles. The van der Waals surface area contributed by atoms with E-state index in [9.17, 15) is 14.4 Å². The van der Waals surface area contributed by atoms with E-state index < -0.39 is 10.8 Å². The van der Waals surface area contributed by atoms with Gasteiger partial charge in [0.25, 0.3) is 5.56 Å². The second kappa shape index (κ2) is 6.70. The average molecular weight is 472 g/mol. The summed E-state index contributed by atoms with van der Waals surface area (Å²) in [6, 6.07) is 12.3. The standard InChI is InChI=1S/C20H14BrN3O4S/c21-12-5-6-16-22-13(9-18(26)23(16)10-12)11-28-19(27)20-8-7-17(25)24(20)14-3-1-2-4-15(14)29-20/h1-6,9-10H,7-8,11H2/t20-/m0/s1. The number of nitrogens with zero attached hydrogens (tertiary/aromatic N) is 3. The monoisotopic (exact) mass is 471 g/mol. The number of para-hydroxylation sites is 1. The van der Waals surface area contributed by atoms with Crippen molar-refractivity contribution in [2.45, 2.75) is 29.2 Å². The largest absolute Gasteiger partial charge is 0.457 e. The zero-order valence-electron chi connectivity index (χ0n) is 15.0. The zero-order valence-corrected chi connectivity index (χ0v) is 17.4. The predicted molar refractivity (Wildman–Crippen MR) is 111 cm³/mol. The van der Waals surface area contributed by atoms with Crippen LogP contribution in [0.2, 0.25) is 0 Å². The van der Waals surface area contributed by atoms with Crippen LogP contribution in [-0.4, -0.2) is 26.1 Å². The summed E-state index contributed by atoms with van der Waals surface area (Å²) in [7, 11) is 0. The van der Waals surface area contributed by atoms with Gasteiger partial charge in [0.1, 0.15) is 12.3 Å². The van der Waals surface area contributed by atoms with Gasteiger partial charge < -0.3 is 4.74 Å². The van der Waals surface area contributed by atoms with Crippen LogP contribution in [0.4, 0.5) is 5.69 Å². The molecular weight excluding hydrogens is 458 g/mol. The summed E-state index contributed by atoms with van der Waals surface area (Å²) in [5.74, 6) is -0.589. The van der Waals surface area contributed by atoms with Crippen LogP contribution in [0, 0.1) is 0 Å². The highest BCUT2D eigenvalue weighted by molar-refractivity contribution is 9.10. The third-order valence-corrected chi connectivity index (χ3v) is 6.95. The van der Waals surface area contributed by atoms with Crippen LogP contribution < -0.4 is 10.5 Å². The van der Waals surface area contributed by atoms with Crippen molar-refractivity contribution < 1.29 is 14.3 Å². The minimum atomic E-state index is -1.09. The normalized spacial score (nSPS) is 20.0. The third kappa shape index (κ3) is 2.87. The van der Waals surface area contributed by atoms with Crippen molar-refractivity contribution in [3.8, 4) is 0 Å². The molecule has 0 saturated carbocycles. The van der Waals surface area contributed by atoms with Crippen molar-refractivity contribution in [1.29, 1.82) is 0 Å². The fourth-order valence-electron chi connectivity index (χ4n) is 3.72. The number of ether oxygens (including phenoxy) is 1. The second-order valence-electron chi connectivity index (χ2n) is 6.82. The number of halogens is 1. The van der Waals surface area contributed by atoms with E-state index >= 15 is 0 Å². The molecule has 1 fully saturated rings. The molecule has 9 heteroatoms. The summed E-state index contributed by atoms with van der Waals surface area (Å²) in [4.78, 5) is 43.6. The van der Waals surface area contributed by atoms with E-state index in [0.29, 0.717) is 24.2 Å². The number of benzene rings is 1. The van der Waals surface area contributed by atoms with Crippen LogP contribution in [0.5, 0.6) is 0 Å². The SMILES string of the molecule is O=C1CC[C@@]2(C(=O)OCc3cc(=O)n4cc(Br)ccc4n3)Sc3ccccc3N12. The molecule has 5 rings (SSSR count). The summed E-state index contributed by atoms with van der Waals surface area (Å²) in [5, 5.41) is 0. The summed E-state index contributed by atoms with van der Waals surface area (Å²) in [6.07, 6.45) is 2.31. The summed E-state index contributed by atoms with van der Waals surface area (Å²) < 4.78 is 7.72. The Labute approximate surface area is 177 Å². The maximum atomic E-state index is 13.1. The zero-order chi connectivity index (χ0) is 20.2. The molecule has 2 aromatic heterocycles. The molecule has 0 radical (unpaired) electrons. The molecule has 0 bridgehead atoms. The number of aromatic nitrogens is 2. The van der Waals surface area contributed by atoms with Gasteiger partial charge in [-0.1, -0.05) is 23.9 Å². The van der Waals surface area contributed by atoms with Gasteiger partial charge in [-0.15, -0.1) is 0 Å². The van der Waals surface area contributed by atoms with E-state index in [2.05, 4.69) is 20.9 Å². The van der Waals surface area contributed by atoms with Gasteiger partial charge in [-0.05, 0) is 40.2 Å². The van der Waals surface area contributed by atoms with Gasteiger partial charge in [-0.25, -0.2) is 9.78 Å². The lowest BCUT2D eigenvalue weighted by Gasteiger charge is -2.28. The van der Waals surface area contributed by atoms with Gasteiger partial charge in [0.2, 0.25) is 5.91 Å². The molecule has 2 aliphatic heterocycles. The predicted octanol–water partition coefficient (Wildman–Crippen LogP) is 3.13. The number of rotatable bonds is 3. The minimum absolute atomic E-state index is 0.0907. The second-order valence-corrected chi connectivity index (χ2v) is 9.06. The number of carbonyl (C=O) groups is 2. The average Bonchev–Trinajstić information content (AvgIpc) is 3.22. The van der Waals surface area contributed by atoms with Gasteiger partial charge in [-0.2, -0.15) is 0 Å². The smallest absolute Gasteiger partial charge is 0.343 e. The summed E-state index contributed by atoms with van der Waals surface area (Å²) in [5.41, 5.74) is 1.30. The van der Waals surface area contributed by atoms with E-state index in [1.165, 1.54) is 22.2 Å². The van der Waals surface area contributed by atoms with Crippen LogP contribution in [0.15, 0.2) is 62.8 Å². The van der Waals surface area contributed by atoms with Gasteiger partial charge in [0.15, 0.2) is 4.87 Å². The molecule has 7 nitrogen and oxygen atoms in total. The van der Waals surface area contributed by atoms with Crippen LogP contribution >= 0.6 is 27.7 Å². The third-order valence-electron chi connectivity index (χ3n) is 5.02. The Kier molecular flexibility index (Phi) is 4.25. The number of esters is 1. The molecular formula is C20H14BrN3O4S. The molecule has 2 aliphatic rings. The Balaban J connectivity index is 1.41. The Bertz CT molecular complexity index is 1240. The molecule has 29 heavy (non-hydrogen) atoms. The summed E-state index contributed by atoms with van der Waals surface area (Å²) >= 11 is 4.67. The Hall–Kier alpha value is -2.65. The summed E-state index contributed by atoms with van der Waals surface area (Å²) in [6.45, 7) is -0.138. The van der Waals surface area contributed by atoms with Crippen molar-refractivity contribution in [1.82, 2.24) is 9.38 Å². The van der Waals surface area contributed by atoms with Gasteiger partial charge in [0.05, 0.1) is 11.4 Å². The van der Waals surface area contributed by atoms with Gasteiger partial charge in [0, 0.05) is 34.5 Å². The van der Waals surface area contributed by atoms with Crippen molar-refractivity contribution in [3.63, 3.8) is 0 Å². The van der Waals surface area contributed by atoms with E-state index in [1.807, 2.05) is 24.3 Å². The Morgan fingerprint density at radius 2 is 2.07 bits per heavy atom. The molecule has 0 N–H and O–H groups in total. The number of carbonyl (C=O) groups excluding carboxylic acids is 2. The van der Waals surface area contributed by atoms with E-state index in [1.54, 1.807) is 23.2 Å². The van der Waals surface area contributed by atoms with Crippen LogP contribution in [0.3, 0.4) is 0 Å². The van der Waals surface area contributed by atoms with Crippen molar-refractivity contribution >= 4 is 50.9 Å². The Morgan fingerprint density at radius 1 is 1.24 bits per heavy atom. The first-order valence-electron chi connectivity index (χ1n) is 8.94. The minimum Gasteiger partial charge on any atom is -0.457 e. The lowest BCUT2D eigenvalue weighted by molar-refractivity contribution is -0.148. The van der Waals surface area contributed by atoms with Crippen molar-refractivity contribution in [2.75, 3.05) is 4.90 Å². The first kappa shape index (κ1) is 18.4. The topological polar surface area (TPSA) is 81.0 Å². The number of pyridine rings is 1. The number of hydrogen-bond donors (Lipinski definition) is 0. The number of fused-ring (bicyclic) bond motifs is 4. The number of thioether (sulfide) groups is 1. The molecule has 146 valence electrons. The molecule has 0 unspecified atom stereocenters. The van der Waals surface area contributed by atoms with E-state index in [-0.39, 0.29) is 18.1 Å². The molecule has 4 heterocycles. The molecule has 1 amide bonds. The molecule has 1 atom stereocenters. The van der Waals surface area contributed by atoms with E-state index in [4.69, 9.17) is 4.74 Å². The van der Waals surface area contributed by atoms with Crippen LogP contribution in [-0.2, 0) is 20.9 Å². The first-order valence-corrected chi connectivity index (χ1v) is 10.6.